The van der Waals surface area contributed by atoms with Crippen LogP contribution in [0.3, 0.4) is 0 Å². The first-order valence-corrected chi connectivity index (χ1v) is 6.43. The second-order valence-electron chi connectivity index (χ2n) is 4.62. The monoisotopic (exact) mass is 266 g/mol. The van der Waals surface area contributed by atoms with Crippen molar-refractivity contribution < 1.29 is 9.53 Å². The van der Waals surface area contributed by atoms with E-state index in [9.17, 15) is 15.3 Å². The van der Waals surface area contributed by atoms with Crippen molar-refractivity contribution in [2.75, 3.05) is 6.61 Å². The smallest absolute Gasteiger partial charge is 0.334 e. The first-order valence-electron chi connectivity index (χ1n) is 6.43. The SMILES string of the molecule is CCOC(=O)C1=CCC(C#N)(C#N)[C@@H]1c1ccccc1. The molecule has 0 aliphatic heterocycles. The third-order valence-corrected chi connectivity index (χ3v) is 3.49. The largest absolute Gasteiger partial charge is 0.463 e. The summed E-state index contributed by atoms with van der Waals surface area (Å²) in [6.45, 7) is 2.00. The molecule has 1 aromatic carbocycles. The van der Waals surface area contributed by atoms with Gasteiger partial charge >= 0.3 is 5.97 Å². The minimum atomic E-state index is -1.23. The number of carbonyl (C=O) groups is 1. The average molecular weight is 266 g/mol. The maximum atomic E-state index is 12.0. The van der Waals surface area contributed by atoms with Gasteiger partial charge in [0.2, 0.25) is 0 Å². The molecule has 1 aromatic rings. The predicted octanol–water partition coefficient (Wildman–Crippen LogP) is 2.70. The van der Waals surface area contributed by atoms with Crippen LogP contribution in [0.25, 0.3) is 0 Å². The number of rotatable bonds is 3. The number of hydrogen-bond donors (Lipinski definition) is 0. The lowest BCUT2D eigenvalue weighted by Crippen LogP contribution is -2.25. The molecule has 0 amide bonds. The van der Waals surface area contributed by atoms with Crippen molar-refractivity contribution >= 4 is 5.97 Å². The number of carbonyl (C=O) groups excluding carboxylic acids is 1. The zero-order valence-electron chi connectivity index (χ0n) is 11.2. The molecule has 0 radical (unpaired) electrons. The van der Waals surface area contributed by atoms with Crippen LogP contribution in [0.2, 0.25) is 0 Å². The molecule has 0 saturated carbocycles. The first kappa shape index (κ1) is 13.8. The van der Waals surface area contributed by atoms with Crippen LogP contribution in [0, 0.1) is 28.1 Å². The molecule has 4 heteroatoms. The predicted molar refractivity (Wildman–Crippen MR) is 72.2 cm³/mol. The minimum absolute atomic E-state index is 0.244. The van der Waals surface area contributed by atoms with Crippen molar-refractivity contribution in [1.82, 2.24) is 0 Å². The van der Waals surface area contributed by atoms with E-state index in [1.807, 2.05) is 30.3 Å². The number of ether oxygens (including phenoxy) is 1. The highest BCUT2D eigenvalue weighted by Crippen LogP contribution is 2.49. The first-order chi connectivity index (χ1) is 9.68. The van der Waals surface area contributed by atoms with E-state index >= 15 is 0 Å². The lowest BCUT2D eigenvalue weighted by molar-refractivity contribution is -0.138. The van der Waals surface area contributed by atoms with E-state index in [-0.39, 0.29) is 13.0 Å². The van der Waals surface area contributed by atoms with E-state index in [1.165, 1.54) is 0 Å². The second kappa shape index (κ2) is 5.59. The molecule has 1 atom stereocenters. The summed E-state index contributed by atoms with van der Waals surface area (Å²) in [6, 6.07) is 13.3. The van der Waals surface area contributed by atoms with Crippen LogP contribution < -0.4 is 0 Å². The average Bonchev–Trinajstić information content (AvgIpc) is 2.88. The van der Waals surface area contributed by atoms with Gasteiger partial charge in [-0.15, -0.1) is 0 Å². The maximum Gasteiger partial charge on any atom is 0.334 e. The van der Waals surface area contributed by atoms with Crippen molar-refractivity contribution in [3.8, 4) is 12.1 Å². The third-order valence-electron chi connectivity index (χ3n) is 3.49. The van der Waals surface area contributed by atoms with Crippen LogP contribution in [0.1, 0.15) is 24.8 Å². The lowest BCUT2D eigenvalue weighted by Gasteiger charge is -2.24. The molecule has 2 rings (SSSR count). The van der Waals surface area contributed by atoms with E-state index in [4.69, 9.17) is 4.74 Å². The molecule has 0 heterocycles. The molecule has 0 saturated heterocycles. The van der Waals surface area contributed by atoms with Gasteiger partial charge in [0.1, 0.15) is 0 Å². The molecule has 100 valence electrons. The highest BCUT2D eigenvalue weighted by molar-refractivity contribution is 5.91. The van der Waals surface area contributed by atoms with E-state index in [2.05, 4.69) is 12.1 Å². The summed E-state index contributed by atoms with van der Waals surface area (Å²) in [5.74, 6) is -1.01. The number of nitriles is 2. The van der Waals surface area contributed by atoms with Crippen LogP contribution in [0.5, 0.6) is 0 Å². The minimum Gasteiger partial charge on any atom is -0.463 e. The Morgan fingerprint density at radius 1 is 1.35 bits per heavy atom. The van der Waals surface area contributed by atoms with Gasteiger partial charge in [-0.2, -0.15) is 10.5 Å². The fourth-order valence-corrected chi connectivity index (χ4v) is 2.54. The molecule has 1 aliphatic carbocycles. The molecule has 1 aliphatic rings. The lowest BCUT2D eigenvalue weighted by atomic mass is 9.73. The van der Waals surface area contributed by atoms with Gasteiger partial charge in [0.15, 0.2) is 5.41 Å². The Bertz CT molecular complexity index is 606. The summed E-state index contributed by atoms with van der Waals surface area (Å²) >= 11 is 0. The number of nitrogens with zero attached hydrogens (tertiary/aromatic N) is 2. The Hall–Kier alpha value is -2.59. The Labute approximate surface area is 117 Å². The Balaban J connectivity index is 2.48. The van der Waals surface area contributed by atoms with Crippen molar-refractivity contribution in [2.45, 2.75) is 19.3 Å². The molecular formula is C16H14N2O2. The molecule has 0 fully saturated rings. The van der Waals surface area contributed by atoms with Gasteiger partial charge < -0.3 is 4.74 Å². The summed E-state index contributed by atoms with van der Waals surface area (Å²) in [7, 11) is 0. The van der Waals surface area contributed by atoms with Crippen molar-refractivity contribution in [3.05, 3.63) is 47.5 Å². The van der Waals surface area contributed by atoms with Crippen LogP contribution in [-0.4, -0.2) is 12.6 Å². The molecule has 0 spiro atoms. The Morgan fingerprint density at radius 3 is 2.55 bits per heavy atom. The third kappa shape index (κ3) is 2.17. The number of benzene rings is 1. The number of allylic oxidation sites excluding steroid dienone is 1. The zero-order chi connectivity index (χ0) is 14.6. The molecule has 0 aromatic heterocycles. The van der Waals surface area contributed by atoms with Gasteiger partial charge in [0, 0.05) is 11.5 Å². The van der Waals surface area contributed by atoms with Gasteiger partial charge in [-0.1, -0.05) is 36.4 Å². The standard InChI is InChI=1S/C16H14N2O2/c1-2-20-15(19)13-8-9-16(10-17,11-18)14(13)12-6-4-3-5-7-12/h3-8,14H,2,9H2,1H3/t14-/m1/s1. The normalized spacial score (nSPS) is 19.6. The molecule has 20 heavy (non-hydrogen) atoms. The zero-order valence-corrected chi connectivity index (χ0v) is 11.2. The van der Waals surface area contributed by atoms with Gasteiger partial charge in [-0.3, -0.25) is 0 Å². The van der Waals surface area contributed by atoms with Crippen LogP contribution in [0.4, 0.5) is 0 Å². The summed E-state index contributed by atoms with van der Waals surface area (Å²) in [6.07, 6.45) is 1.90. The molecule has 0 bridgehead atoms. The topological polar surface area (TPSA) is 73.9 Å². The molecule has 4 nitrogen and oxygen atoms in total. The molecular weight excluding hydrogens is 252 g/mol. The van der Waals surface area contributed by atoms with Crippen molar-refractivity contribution in [3.63, 3.8) is 0 Å². The van der Waals surface area contributed by atoms with Gasteiger partial charge in [0.05, 0.1) is 18.7 Å². The fraction of sp³-hybridized carbons (Fsp3) is 0.312. The maximum absolute atomic E-state index is 12.0. The quantitative estimate of drug-likeness (QED) is 0.788. The second-order valence-corrected chi connectivity index (χ2v) is 4.62. The van der Waals surface area contributed by atoms with Crippen LogP contribution in [-0.2, 0) is 9.53 Å². The Kier molecular flexibility index (Phi) is 3.86. The van der Waals surface area contributed by atoms with E-state index in [1.54, 1.807) is 13.0 Å². The van der Waals surface area contributed by atoms with Crippen LogP contribution in [0.15, 0.2) is 42.0 Å². The van der Waals surface area contributed by atoms with Gasteiger partial charge in [0.25, 0.3) is 0 Å². The van der Waals surface area contributed by atoms with E-state index < -0.39 is 17.3 Å². The van der Waals surface area contributed by atoms with Crippen LogP contribution >= 0.6 is 0 Å². The van der Waals surface area contributed by atoms with E-state index in [0.29, 0.717) is 5.57 Å². The Morgan fingerprint density at radius 2 is 2.00 bits per heavy atom. The summed E-state index contributed by atoms with van der Waals surface area (Å²) in [4.78, 5) is 12.0. The number of esters is 1. The molecule has 0 N–H and O–H groups in total. The fourth-order valence-electron chi connectivity index (χ4n) is 2.54. The van der Waals surface area contributed by atoms with Gasteiger partial charge in [-0.05, 0) is 18.9 Å². The highest BCUT2D eigenvalue weighted by atomic mass is 16.5. The van der Waals surface area contributed by atoms with E-state index in [0.717, 1.165) is 5.56 Å². The summed E-state index contributed by atoms with van der Waals surface area (Å²) in [5, 5.41) is 18.8. The van der Waals surface area contributed by atoms with Crippen molar-refractivity contribution in [2.24, 2.45) is 5.41 Å². The van der Waals surface area contributed by atoms with Gasteiger partial charge in [-0.25, -0.2) is 4.79 Å². The molecule has 0 unspecified atom stereocenters. The number of hydrogen-bond acceptors (Lipinski definition) is 4. The summed E-state index contributed by atoms with van der Waals surface area (Å²) in [5.41, 5.74) is -0.0442. The highest BCUT2D eigenvalue weighted by Gasteiger charge is 2.48. The summed E-state index contributed by atoms with van der Waals surface area (Å²) < 4.78 is 5.03. The van der Waals surface area contributed by atoms with Crippen molar-refractivity contribution in [1.29, 1.82) is 10.5 Å².